The van der Waals surface area contributed by atoms with Gasteiger partial charge in [0.2, 0.25) is 5.95 Å². The molecule has 2 aliphatic heterocycles. The van der Waals surface area contributed by atoms with E-state index in [2.05, 4.69) is 37.8 Å². The van der Waals surface area contributed by atoms with Crippen LogP contribution in [0.3, 0.4) is 0 Å². The number of hydrogen-bond acceptors (Lipinski definition) is 7. The lowest BCUT2D eigenvalue weighted by atomic mass is 10.00. The average molecular weight is 423 g/mol. The van der Waals surface area contributed by atoms with Gasteiger partial charge >= 0.3 is 0 Å². The van der Waals surface area contributed by atoms with E-state index < -0.39 is 0 Å². The fourth-order valence-corrected chi connectivity index (χ4v) is 4.04. The monoisotopic (exact) mass is 422 g/mol. The Balaban J connectivity index is 1.45. The van der Waals surface area contributed by atoms with Crippen molar-refractivity contribution in [2.24, 2.45) is 5.10 Å². The van der Waals surface area contributed by atoms with Gasteiger partial charge in [0, 0.05) is 60.6 Å². The van der Waals surface area contributed by atoms with Crippen molar-refractivity contribution in [1.82, 2.24) is 20.3 Å². The third kappa shape index (κ3) is 4.17. The highest BCUT2D eigenvalue weighted by Gasteiger charge is 2.21. The van der Waals surface area contributed by atoms with E-state index >= 15 is 0 Å². The highest BCUT2D eigenvalue weighted by atomic mass is 35.5. The van der Waals surface area contributed by atoms with E-state index in [-0.39, 0.29) is 12.0 Å². The minimum absolute atomic E-state index is 0.190. The number of anilines is 2. The van der Waals surface area contributed by atoms with Crippen LogP contribution >= 0.6 is 11.6 Å². The van der Waals surface area contributed by atoms with Crippen molar-refractivity contribution < 1.29 is 4.74 Å². The maximum absolute atomic E-state index is 6.25. The molecule has 30 heavy (non-hydrogen) atoms. The molecule has 1 fully saturated rings. The number of ether oxygens (including phenoxy) is 1. The largest absolute Gasteiger partial charge is 0.489 e. The maximum Gasteiger partial charge on any atom is 0.227 e. The Kier molecular flexibility index (Phi) is 5.14. The Morgan fingerprint density at radius 1 is 1.23 bits per heavy atom. The molecular formula is C22H23ClN6O. The van der Waals surface area contributed by atoms with Crippen LogP contribution in [-0.4, -0.2) is 54.0 Å². The Bertz CT molecular complexity index is 1100. The third-order valence-corrected chi connectivity index (χ3v) is 5.61. The quantitative estimate of drug-likeness (QED) is 0.651. The molecule has 1 saturated heterocycles. The fourth-order valence-electron chi connectivity index (χ4n) is 3.86. The van der Waals surface area contributed by atoms with Gasteiger partial charge in [0.1, 0.15) is 11.9 Å². The van der Waals surface area contributed by atoms with Gasteiger partial charge in [-0.05, 0) is 48.9 Å². The molecule has 154 valence electrons. The average Bonchev–Trinajstić information content (AvgIpc) is 3.40. The van der Waals surface area contributed by atoms with Gasteiger partial charge in [-0.2, -0.15) is 5.10 Å². The van der Waals surface area contributed by atoms with Crippen LogP contribution in [0.5, 0.6) is 5.75 Å². The van der Waals surface area contributed by atoms with Crippen molar-refractivity contribution in [3.63, 3.8) is 0 Å². The number of nitrogens with one attached hydrogen (secondary N) is 2. The Morgan fingerprint density at radius 3 is 2.97 bits per heavy atom. The first-order valence-corrected chi connectivity index (χ1v) is 10.5. The summed E-state index contributed by atoms with van der Waals surface area (Å²) in [6, 6.07) is 11.8. The zero-order valence-electron chi connectivity index (χ0n) is 16.7. The van der Waals surface area contributed by atoms with Crippen LogP contribution in [0, 0.1) is 0 Å². The smallest absolute Gasteiger partial charge is 0.227 e. The van der Waals surface area contributed by atoms with Crippen LogP contribution < -0.4 is 15.4 Å². The molecule has 2 aliphatic rings. The van der Waals surface area contributed by atoms with E-state index in [1.54, 1.807) is 6.20 Å². The van der Waals surface area contributed by atoms with E-state index in [1.807, 2.05) is 42.5 Å². The number of aromatic nitrogens is 2. The molecule has 0 radical (unpaired) electrons. The normalized spacial score (nSPS) is 20.8. The molecule has 0 aliphatic carbocycles. The molecular weight excluding hydrogens is 400 g/mol. The molecule has 2 N–H and O–H groups in total. The summed E-state index contributed by atoms with van der Waals surface area (Å²) < 4.78 is 6.25. The number of fused-ring (bicyclic) bond motifs is 1. The lowest BCUT2D eigenvalue weighted by Crippen LogP contribution is -2.20. The topological polar surface area (TPSA) is 74.7 Å². The van der Waals surface area contributed by atoms with Gasteiger partial charge in [0.15, 0.2) is 0 Å². The van der Waals surface area contributed by atoms with E-state index in [4.69, 9.17) is 16.3 Å². The van der Waals surface area contributed by atoms with Crippen LogP contribution in [0.25, 0.3) is 10.9 Å². The van der Waals surface area contributed by atoms with Gasteiger partial charge in [-0.15, -0.1) is 0 Å². The van der Waals surface area contributed by atoms with Crippen LogP contribution in [-0.2, 0) is 0 Å². The van der Waals surface area contributed by atoms with E-state index in [0.29, 0.717) is 11.0 Å². The predicted molar refractivity (Wildman–Crippen MR) is 120 cm³/mol. The summed E-state index contributed by atoms with van der Waals surface area (Å²) in [6.45, 7) is 2.71. The maximum atomic E-state index is 6.25. The lowest BCUT2D eigenvalue weighted by Gasteiger charge is -2.18. The van der Waals surface area contributed by atoms with Crippen molar-refractivity contribution in [2.45, 2.75) is 18.4 Å². The van der Waals surface area contributed by atoms with E-state index in [1.165, 1.54) is 0 Å². The van der Waals surface area contributed by atoms with Crippen LogP contribution in [0.2, 0.25) is 5.02 Å². The summed E-state index contributed by atoms with van der Waals surface area (Å²) in [4.78, 5) is 9.07. The van der Waals surface area contributed by atoms with Gasteiger partial charge in [0.05, 0.1) is 5.52 Å². The molecule has 3 aromatic rings. The Labute approximate surface area is 180 Å². The van der Waals surface area contributed by atoms with Crippen molar-refractivity contribution in [3.8, 4) is 5.75 Å². The zero-order valence-corrected chi connectivity index (χ0v) is 17.4. The second-order valence-corrected chi connectivity index (χ2v) is 8.19. The number of hydrazone groups is 1. The molecule has 5 rings (SSSR count). The fraction of sp³-hybridized carbons (Fsp3) is 0.318. The molecule has 0 saturated carbocycles. The molecule has 0 bridgehead atoms. The zero-order chi connectivity index (χ0) is 20.5. The highest BCUT2D eigenvalue weighted by Crippen LogP contribution is 2.30. The lowest BCUT2D eigenvalue weighted by molar-refractivity contribution is 0.223. The minimum atomic E-state index is 0.190. The van der Waals surface area contributed by atoms with Crippen LogP contribution in [0.4, 0.5) is 11.6 Å². The molecule has 2 aromatic carbocycles. The van der Waals surface area contributed by atoms with E-state index in [0.717, 1.165) is 54.0 Å². The van der Waals surface area contributed by atoms with Gasteiger partial charge in [-0.25, -0.2) is 9.97 Å². The van der Waals surface area contributed by atoms with Gasteiger partial charge in [-0.3, -0.25) is 5.01 Å². The second-order valence-electron chi connectivity index (χ2n) is 7.76. The molecule has 1 unspecified atom stereocenters. The molecule has 3 heterocycles. The third-order valence-electron chi connectivity index (χ3n) is 5.38. The predicted octanol–water partition coefficient (Wildman–Crippen LogP) is 3.78. The van der Waals surface area contributed by atoms with Crippen molar-refractivity contribution in [2.75, 3.05) is 32.0 Å². The summed E-state index contributed by atoms with van der Waals surface area (Å²) in [6.07, 6.45) is 4.96. The summed E-state index contributed by atoms with van der Waals surface area (Å²) in [5.74, 6) is 1.60. The Hall–Kier alpha value is -2.90. The first kappa shape index (κ1) is 19.1. The molecule has 7 nitrogen and oxygen atoms in total. The number of likely N-dealkylation sites (N-methyl/N-ethyl adjacent to an activating group) is 1. The number of benzene rings is 2. The van der Waals surface area contributed by atoms with E-state index in [9.17, 15) is 0 Å². The molecule has 8 heteroatoms. The summed E-state index contributed by atoms with van der Waals surface area (Å²) >= 11 is 6.06. The van der Waals surface area contributed by atoms with Crippen molar-refractivity contribution in [3.05, 3.63) is 53.2 Å². The number of halogens is 1. The van der Waals surface area contributed by atoms with Crippen molar-refractivity contribution >= 4 is 40.4 Å². The summed E-state index contributed by atoms with van der Waals surface area (Å²) in [5.41, 5.74) is 2.89. The van der Waals surface area contributed by atoms with Gasteiger partial charge < -0.3 is 15.4 Å². The van der Waals surface area contributed by atoms with Crippen molar-refractivity contribution in [1.29, 1.82) is 0 Å². The van der Waals surface area contributed by atoms with Gasteiger partial charge in [0.25, 0.3) is 0 Å². The number of nitrogens with zero attached hydrogens (tertiary/aromatic N) is 4. The molecule has 1 aromatic heterocycles. The molecule has 0 spiro atoms. The first-order valence-electron chi connectivity index (χ1n) is 10.1. The minimum Gasteiger partial charge on any atom is -0.489 e. The van der Waals surface area contributed by atoms with Crippen LogP contribution in [0.15, 0.2) is 47.7 Å². The van der Waals surface area contributed by atoms with Gasteiger partial charge in [-0.1, -0.05) is 11.6 Å². The molecule has 0 amide bonds. The SMILES string of the molecule is CN1CC(c2cc(Nc3ncc4cc(Cl)ccc4n3)cc(O[C@@H]3CCNC3)c2)C=N1. The standard InChI is InChI=1S/C22H23ClN6O/c1-29-13-16(11-26-29)14-7-18(9-20(8-14)30-19-4-5-24-12-19)27-22-25-10-15-6-17(23)2-3-21(15)28-22/h2-3,6-11,16,19,24H,4-5,12-13H2,1H3,(H,25,27,28)/t16?,19-/m1/s1. The van der Waals surface area contributed by atoms with Crippen LogP contribution in [0.1, 0.15) is 17.9 Å². The summed E-state index contributed by atoms with van der Waals surface area (Å²) in [7, 11) is 1.98. The highest BCUT2D eigenvalue weighted by molar-refractivity contribution is 6.31. The first-order chi connectivity index (χ1) is 14.6. The number of rotatable bonds is 5. The number of hydrogen-bond donors (Lipinski definition) is 2. The Morgan fingerprint density at radius 2 is 2.17 bits per heavy atom. The summed E-state index contributed by atoms with van der Waals surface area (Å²) in [5, 5.41) is 14.6. The molecule has 2 atom stereocenters. The second kappa shape index (κ2) is 8.08.